The van der Waals surface area contributed by atoms with Crippen molar-refractivity contribution in [2.75, 3.05) is 19.6 Å². The van der Waals surface area contributed by atoms with Crippen molar-refractivity contribution in [2.45, 2.75) is 52.1 Å². The Bertz CT molecular complexity index is 400. The third kappa shape index (κ3) is 3.18. The van der Waals surface area contributed by atoms with Crippen LogP contribution in [-0.2, 0) is 6.54 Å². The predicted octanol–water partition coefficient (Wildman–Crippen LogP) is 2.26. The first-order valence-electron chi connectivity index (χ1n) is 7.60. The van der Waals surface area contributed by atoms with Crippen molar-refractivity contribution in [1.29, 1.82) is 0 Å². The number of aromatic nitrogens is 1. The summed E-state index contributed by atoms with van der Waals surface area (Å²) >= 11 is 0. The molecule has 2 fully saturated rings. The normalized spacial score (nSPS) is 24.1. The van der Waals surface area contributed by atoms with E-state index in [1.165, 1.54) is 50.9 Å². The van der Waals surface area contributed by atoms with Crippen molar-refractivity contribution in [3.05, 3.63) is 17.0 Å². The average molecular weight is 263 g/mol. The lowest BCUT2D eigenvalue weighted by Gasteiger charge is -2.30. The number of rotatable bonds is 5. The smallest absolute Gasteiger partial charge is 0.138 e. The predicted molar refractivity (Wildman–Crippen MR) is 75.0 cm³/mol. The van der Waals surface area contributed by atoms with Crippen molar-refractivity contribution in [1.82, 2.24) is 15.4 Å². The van der Waals surface area contributed by atoms with Crippen molar-refractivity contribution in [2.24, 2.45) is 5.92 Å². The van der Waals surface area contributed by atoms with E-state index in [0.717, 1.165) is 30.0 Å². The molecule has 0 radical (unpaired) electrons. The Labute approximate surface area is 115 Å². The van der Waals surface area contributed by atoms with E-state index in [-0.39, 0.29) is 0 Å². The summed E-state index contributed by atoms with van der Waals surface area (Å²) in [6.07, 6.45) is 5.43. The molecule has 1 saturated heterocycles. The van der Waals surface area contributed by atoms with Gasteiger partial charge in [-0.1, -0.05) is 5.16 Å². The molecule has 1 aromatic rings. The Morgan fingerprint density at radius 1 is 1.32 bits per heavy atom. The molecule has 1 aliphatic heterocycles. The van der Waals surface area contributed by atoms with E-state index in [1.807, 2.05) is 6.92 Å². The standard InChI is InChI=1S/C15H25N3O/c1-11-15(12(2)19-17-11)10-18(14-5-6-14)9-13-4-3-7-16-8-13/h13-14,16H,3-10H2,1-2H3. The molecule has 1 aromatic heterocycles. The Morgan fingerprint density at radius 3 is 2.74 bits per heavy atom. The molecule has 4 nitrogen and oxygen atoms in total. The van der Waals surface area contributed by atoms with Crippen LogP contribution < -0.4 is 5.32 Å². The van der Waals surface area contributed by atoms with Gasteiger partial charge in [0.15, 0.2) is 0 Å². The fourth-order valence-corrected chi connectivity index (χ4v) is 3.12. The van der Waals surface area contributed by atoms with Gasteiger partial charge in [-0.05, 0) is 58.5 Å². The molecule has 0 spiro atoms. The minimum Gasteiger partial charge on any atom is -0.361 e. The molecule has 1 unspecified atom stereocenters. The summed E-state index contributed by atoms with van der Waals surface area (Å²) in [5.41, 5.74) is 2.36. The molecule has 0 bridgehead atoms. The maximum Gasteiger partial charge on any atom is 0.138 e. The van der Waals surface area contributed by atoms with Gasteiger partial charge in [0, 0.05) is 24.7 Å². The van der Waals surface area contributed by atoms with Crippen LogP contribution >= 0.6 is 0 Å². The second kappa shape index (κ2) is 5.63. The van der Waals surface area contributed by atoms with Crippen LogP contribution in [0.4, 0.5) is 0 Å². The summed E-state index contributed by atoms with van der Waals surface area (Å²) in [7, 11) is 0. The lowest BCUT2D eigenvalue weighted by Crippen LogP contribution is -2.39. The van der Waals surface area contributed by atoms with Crippen LogP contribution in [0.25, 0.3) is 0 Å². The minimum absolute atomic E-state index is 0.802. The van der Waals surface area contributed by atoms with Gasteiger partial charge < -0.3 is 9.84 Å². The van der Waals surface area contributed by atoms with Crippen molar-refractivity contribution in [3.8, 4) is 0 Å². The number of aryl methyl sites for hydroxylation is 2. The fraction of sp³-hybridized carbons (Fsp3) is 0.800. The molecule has 19 heavy (non-hydrogen) atoms. The van der Waals surface area contributed by atoms with Gasteiger partial charge in [-0.15, -0.1) is 0 Å². The Balaban J connectivity index is 1.64. The van der Waals surface area contributed by atoms with E-state index in [9.17, 15) is 0 Å². The van der Waals surface area contributed by atoms with Crippen LogP contribution in [0.3, 0.4) is 0 Å². The van der Waals surface area contributed by atoms with Crippen LogP contribution in [0.15, 0.2) is 4.52 Å². The SMILES string of the molecule is Cc1noc(C)c1CN(CC1CCCNC1)C1CC1. The molecule has 2 heterocycles. The molecule has 1 N–H and O–H groups in total. The highest BCUT2D eigenvalue weighted by molar-refractivity contribution is 5.21. The van der Waals surface area contributed by atoms with Gasteiger partial charge >= 0.3 is 0 Å². The third-order valence-electron chi connectivity index (χ3n) is 4.50. The minimum atomic E-state index is 0.802. The van der Waals surface area contributed by atoms with Crippen molar-refractivity contribution >= 4 is 0 Å². The summed E-state index contributed by atoms with van der Waals surface area (Å²) in [5, 5.41) is 7.61. The highest BCUT2D eigenvalue weighted by Crippen LogP contribution is 2.31. The van der Waals surface area contributed by atoms with Crippen LogP contribution in [0.2, 0.25) is 0 Å². The Morgan fingerprint density at radius 2 is 2.16 bits per heavy atom. The van der Waals surface area contributed by atoms with E-state index in [2.05, 4.69) is 22.3 Å². The van der Waals surface area contributed by atoms with Gasteiger partial charge in [-0.3, -0.25) is 4.90 Å². The summed E-state index contributed by atoms with van der Waals surface area (Å²) in [5.74, 6) is 1.81. The van der Waals surface area contributed by atoms with E-state index in [4.69, 9.17) is 4.52 Å². The number of piperidine rings is 1. The van der Waals surface area contributed by atoms with Crippen molar-refractivity contribution < 1.29 is 4.52 Å². The molecule has 0 aromatic carbocycles. The van der Waals surface area contributed by atoms with Gasteiger partial charge in [-0.25, -0.2) is 0 Å². The maximum atomic E-state index is 5.30. The van der Waals surface area contributed by atoms with E-state index < -0.39 is 0 Å². The first-order valence-corrected chi connectivity index (χ1v) is 7.60. The monoisotopic (exact) mass is 263 g/mol. The second-order valence-corrected chi connectivity index (χ2v) is 6.18. The van der Waals surface area contributed by atoms with Gasteiger partial charge in [0.05, 0.1) is 5.69 Å². The largest absolute Gasteiger partial charge is 0.361 e. The molecule has 1 atom stereocenters. The molecule has 3 rings (SSSR count). The lowest BCUT2D eigenvalue weighted by atomic mass is 9.98. The molecule has 1 aliphatic carbocycles. The first-order chi connectivity index (χ1) is 9.24. The number of nitrogens with one attached hydrogen (secondary N) is 1. The molecule has 2 aliphatic rings. The molecule has 0 amide bonds. The third-order valence-corrected chi connectivity index (χ3v) is 4.50. The summed E-state index contributed by atoms with van der Waals surface area (Å²) in [4.78, 5) is 2.66. The highest BCUT2D eigenvalue weighted by atomic mass is 16.5. The molecule has 106 valence electrons. The van der Waals surface area contributed by atoms with Crippen LogP contribution in [-0.4, -0.2) is 35.7 Å². The zero-order chi connectivity index (χ0) is 13.2. The Hall–Kier alpha value is -0.870. The summed E-state index contributed by atoms with van der Waals surface area (Å²) in [6, 6.07) is 0.802. The summed E-state index contributed by atoms with van der Waals surface area (Å²) < 4.78 is 5.30. The zero-order valence-corrected chi connectivity index (χ0v) is 12.1. The Kier molecular flexibility index (Phi) is 3.89. The molecular formula is C15H25N3O. The number of nitrogens with zero attached hydrogens (tertiary/aromatic N) is 2. The van der Waals surface area contributed by atoms with Gasteiger partial charge in [0.2, 0.25) is 0 Å². The molecule has 4 heteroatoms. The van der Waals surface area contributed by atoms with Crippen molar-refractivity contribution in [3.63, 3.8) is 0 Å². The second-order valence-electron chi connectivity index (χ2n) is 6.18. The highest BCUT2D eigenvalue weighted by Gasteiger charge is 2.32. The van der Waals surface area contributed by atoms with Crippen LogP contribution in [0, 0.1) is 19.8 Å². The molecular weight excluding hydrogens is 238 g/mol. The van der Waals surface area contributed by atoms with Gasteiger partial charge in [0.25, 0.3) is 0 Å². The quantitative estimate of drug-likeness (QED) is 0.884. The van der Waals surface area contributed by atoms with Gasteiger partial charge in [-0.2, -0.15) is 0 Å². The topological polar surface area (TPSA) is 41.3 Å². The summed E-state index contributed by atoms with van der Waals surface area (Å²) in [6.45, 7) is 8.71. The van der Waals surface area contributed by atoms with E-state index >= 15 is 0 Å². The molecule has 1 saturated carbocycles. The lowest BCUT2D eigenvalue weighted by molar-refractivity contribution is 0.191. The fourth-order valence-electron chi connectivity index (χ4n) is 3.12. The van der Waals surface area contributed by atoms with E-state index in [1.54, 1.807) is 0 Å². The van der Waals surface area contributed by atoms with Crippen LogP contribution in [0.5, 0.6) is 0 Å². The zero-order valence-electron chi connectivity index (χ0n) is 12.1. The average Bonchev–Trinajstić information content (AvgIpc) is 3.21. The number of hydrogen-bond donors (Lipinski definition) is 1. The number of hydrogen-bond acceptors (Lipinski definition) is 4. The maximum absolute atomic E-state index is 5.30. The first kappa shape index (κ1) is 13.1. The van der Waals surface area contributed by atoms with E-state index in [0.29, 0.717) is 0 Å². The van der Waals surface area contributed by atoms with Gasteiger partial charge in [0.1, 0.15) is 5.76 Å². The van der Waals surface area contributed by atoms with Crippen LogP contribution in [0.1, 0.15) is 42.7 Å².